The van der Waals surface area contributed by atoms with E-state index in [1.54, 1.807) is 0 Å². The lowest BCUT2D eigenvalue weighted by molar-refractivity contribution is -0.709. The Balaban J connectivity index is 1.82. The molecular weight excluding hydrogens is 184 g/mol. The normalized spacial score (nSPS) is 15.0. The van der Waals surface area contributed by atoms with E-state index in [1.165, 1.54) is 5.56 Å². The lowest BCUT2D eigenvalue weighted by Gasteiger charge is -1.98. The third-order valence-electron chi connectivity index (χ3n) is 2.79. The largest absolute Gasteiger partial charge is 0.334 e. The minimum Gasteiger partial charge on any atom is -0.173 e. The van der Waals surface area contributed by atoms with E-state index in [9.17, 15) is 0 Å². The van der Waals surface area contributed by atoms with Gasteiger partial charge in [-0.25, -0.2) is 0 Å². The Bertz CT molecular complexity index is 377. The second kappa shape index (κ2) is 4.87. The van der Waals surface area contributed by atoms with Crippen molar-refractivity contribution in [2.75, 3.05) is 19.8 Å². The molecule has 0 amide bonds. The minimum atomic E-state index is 1.04. The van der Waals surface area contributed by atoms with Gasteiger partial charge < -0.3 is 0 Å². The van der Waals surface area contributed by atoms with Crippen LogP contribution in [0.5, 0.6) is 0 Å². The van der Waals surface area contributed by atoms with Gasteiger partial charge in [-0.1, -0.05) is 30.3 Å². The molecule has 1 aliphatic heterocycles. The molecule has 0 fully saturated rings. The summed E-state index contributed by atoms with van der Waals surface area (Å²) >= 11 is 0. The molecule has 1 heterocycles. The predicted molar refractivity (Wildman–Crippen MR) is 63.1 cm³/mol. The molecule has 0 atom stereocenters. The zero-order valence-corrected chi connectivity index (χ0v) is 9.26. The summed E-state index contributed by atoms with van der Waals surface area (Å²) in [6, 6.07) is 10.7. The van der Waals surface area contributed by atoms with Gasteiger partial charge in [-0.2, -0.15) is 9.15 Å². The van der Waals surface area contributed by atoms with Gasteiger partial charge in [0.15, 0.2) is 6.54 Å². The Kier molecular flexibility index (Phi) is 3.28. The Morgan fingerprint density at radius 3 is 2.47 bits per heavy atom. The molecule has 1 aliphatic rings. The van der Waals surface area contributed by atoms with Crippen LogP contribution < -0.4 is 0 Å². The van der Waals surface area contributed by atoms with Crippen LogP contribution in [0.2, 0.25) is 0 Å². The van der Waals surface area contributed by atoms with Crippen LogP contribution in [0, 0.1) is 0 Å². The number of rotatable bonds is 4. The SMILES string of the molecule is CC[N+]1=CC=[N+](CCc2ccccc2)C1. The number of benzene rings is 1. The summed E-state index contributed by atoms with van der Waals surface area (Å²) in [7, 11) is 0. The van der Waals surface area contributed by atoms with Crippen molar-refractivity contribution in [1.82, 2.24) is 0 Å². The van der Waals surface area contributed by atoms with Crippen molar-refractivity contribution < 1.29 is 9.15 Å². The number of hydrogen-bond donors (Lipinski definition) is 0. The third-order valence-corrected chi connectivity index (χ3v) is 2.79. The van der Waals surface area contributed by atoms with E-state index in [-0.39, 0.29) is 0 Å². The van der Waals surface area contributed by atoms with E-state index in [0.717, 1.165) is 26.2 Å². The molecule has 0 N–H and O–H groups in total. The maximum atomic E-state index is 2.36. The molecule has 0 unspecified atom stereocenters. The molecule has 0 saturated carbocycles. The van der Waals surface area contributed by atoms with E-state index in [1.807, 2.05) is 0 Å². The van der Waals surface area contributed by atoms with Crippen LogP contribution in [0.15, 0.2) is 30.3 Å². The first-order valence-electron chi connectivity index (χ1n) is 5.59. The Hall–Kier alpha value is -1.44. The van der Waals surface area contributed by atoms with Crippen molar-refractivity contribution in [3.63, 3.8) is 0 Å². The zero-order chi connectivity index (χ0) is 10.5. The Labute approximate surface area is 91.2 Å². The van der Waals surface area contributed by atoms with Crippen molar-refractivity contribution in [2.45, 2.75) is 13.3 Å². The second-order valence-electron chi connectivity index (χ2n) is 3.89. The van der Waals surface area contributed by atoms with Crippen LogP contribution in [0.25, 0.3) is 0 Å². The van der Waals surface area contributed by atoms with E-state index in [2.05, 4.69) is 58.8 Å². The van der Waals surface area contributed by atoms with Gasteiger partial charge in [0.1, 0.15) is 6.54 Å². The molecule has 78 valence electrons. The summed E-state index contributed by atoms with van der Waals surface area (Å²) in [4.78, 5) is 0. The van der Waals surface area contributed by atoms with Crippen molar-refractivity contribution in [3.05, 3.63) is 35.9 Å². The minimum absolute atomic E-state index is 1.04. The fourth-order valence-electron chi connectivity index (χ4n) is 1.78. The topological polar surface area (TPSA) is 6.02 Å². The molecule has 0 aromatic heterocycles. The van der Waals surface area contributed by atoms with Crippen LogP contribution in [0.1, 0.15) is 12.5 Å². The van der Waals surface area contributed by atoms with E-state index < -0.39 is 0 Å². The molecule has 0 radical (unpaired) electrons. The Morgan fingerprint density at radius 2 is 1.80 bits per heavy atom. The maximum Gasteiger partial charge on any atom is 0.334 e. The predicted octanol–water partition coefficient (Wildman–Crippen LogP) is 1.39. The van der Waals surface area contributed by atoms with Crippen molar-refractivity contribution >= 4 is 12.4 Å². The molecular formula is C13H18N2+2. The fourth-order valence-corrected chi connectivity index (χ4v) is 1.78. The van der Waals surface area contributed by atoms with Gasteiger partial charge in [-0.3, -0.25) is 0 Å². The number of hydrogen-bond acceptors (Lipinski definition) is 0. The Morgan fingerprint density at radius 1 is 1.07 bits per heavy atom. The molecule has 2 heteroatoms. The molecule has 0 saturated heterocycles. The molecule has 15 heavy (non-hydrogen) atoms. The van der Waals surface area contributed by atoms with Gasteiger partial charge in [0, 0.05) is 6.42 Å². The summed E-state index contributed by atoms with van der Waals surface area (Å²) in [6.45, 7) is 5.43. The third kappa shape index (κ3) is 2.75. The highest BCUT2D eigenvalue weighted by atomic mass is 15.2. The van der Waals surface area contributed by atoms with Gasteiger partial charge >= 0.3 is 6.67 Å². The van der Waals surface area contributed by atoms with Crippen LogP contribution in [0.4, 0.5) is 0 Å². The first-order chi connectivity index (χ1) is 7.38. The average molecular weight is 202 g/mol. The molecule has 0 spiro atoms. The van der Waals surface area contributed by atoms with Crippen LogP contribution in [-0.2, 0) is 6.42 Å². The standard InChI is InChI=1S/C13H18N2/c1-2-14-10-11-15(12-14)9-8-13-6-4-3-5-7-13/h3-7,10-11H,2,8-9,12H2,1H3/q+2. The van der Waals surface area contributed by atoms with Crippen molar-refractivity contribution in [1.29, 1.82) is 0 Å². The van der Waals surface area contributed by atoms with Crippen LogP contribution >= 0.6 is 0 Å². The van der Waals surface area contributed by atoms with E-state index in [4.69, 9.17) is 0 Å². The van der Waals surface area contributed by atoms with Crippen LogP contribution in [-0.4, -0.2) is 41.3 Å². The average Bonchev–Trinajstić information content (AvgIpc) is 2.76. The molecule has 1 aromatic rings. The quantitative estimate of drug-likeness (QED) is 0.651. The molecule has 2 nitrogen and oxygen atoms in total. The number of nitrogens with zero attached hydrogens (tertiary/aromatic N) is 2. The van der Waals surface area contributed by atoms with Crippen molar-refractivity contribution in [2.24, 2.45) is 0 Å². The first kappa shape index (κ1) is 10.1. The van der Waals surface area contributed by atoms with Gasteiger partial charge in [0.25, 0.3) is 0 Å². The summed E-state index contributed by atoms with van der Waals surface area (Å²) in [6.07, 6.45) is 5.49. The maximum absolute atomic E-state index is 2.36. The molecule has 0 bridgehead atoms. The van der Waals surface area contributed by atoms with Gasteiger partial charge in [0.05, 0.1) is 0 Å². The van der Waals surface area contributed by atoms with E-state index in [0.29, 0.717) is 0 Å². The molecule has 0 aliphatic carbocycles. The van der Waals surface area contributed by atoms with Crippen molar-refractivity contribution in [3.8, 4) is 0 Å². The molecule has 2 rings (SSSR count). The second-order valence-corrected chi connectivity index (χ2v) is 3.89. The zero-order valence-electron chi connectivity index (χ0n) is 9.26. The fraction of sp³-hybridized carbons (Fsp3) is 0.385. The van der Waals surface area contributed by atoms with Gasteiger partial charge in [0.2, 0.25) is 12.4 Å². The van der Waals surface area contributed by atoms with Gasteiger partial charge in [-0.15, -0.1) is 0 Å². The lowest BCUT2D eigenvalue weighted by atomic mass is 10.1. The summed E-state index contributed by atoms with van der Waals surface area (Å²) in [5.74, 6) is 0. The molecule has 1 aromatic carbocycles. The highest BCUT2D eigenvalue weighted by Gasteiger charge is 2.17. The smallest absolute Gasteiger partial charge is 0.173 e. The van der Waals surface area contributed by atoms with Crippen LogP contribution in [0.3, 0.4) is 0 Å². The lowest BCUT2D eigenvalue weighted by Crippen LogP contribution is -2.20. The van der Waals surface area contributed by atoms with E-state index >= 15 is 0 Å². The first-order valence-corrected chi connectivity index (χ1v) is 5.59. The van der Waals surface area contributed by atoms with Gasteiger partial charge in [-0.05, 0) is 12.5 Å². The summed E-state index contributed by atoms with van der Waals surface area (Å²) in [5, 5.41) is 0. The highest BCUT2D eigenvalue weighted by molar-refractivity contribution is 6.11. The monoisotopic (exact) mass is 202 g/mol. The summed E-state index contributed by atoms with van der Waals surface area (Å²) in [5.41, 5.74) is 1.42. The summed E-state index contributed by atoms with van der Waals surface area (Å²) < 4.78 is 4.67. The highest BCUT2D eigenvalue weighted by Crippen LogP contribution is 1.99.